The van der Waals surface area contributed by atoms with E-state index >= 15 is 0 Å². The summed E-state index contributed by atoms with van der Waals surface area (Å²) in [5, 5.41) is 12.1. The molecular weight excluding hydrogens is 328 g/mol. The van der Waals surface area contributed by atoms with Gasteiger partial charge < -0.3 is 5.11 Å². The van der Waals surface area contributed by atoms with Crippen LogP contribution in [0, 0.1) is 10.8 Å². The highest BCUT2D eigenvalue weighted by Crippen LogP contribution is 2.63. The number of hydrogen-bond acceptors (Lipinski definition) is 1. The molecule has 2 heteroatoms. The van der Waals surface area contributed by atoms with E-state index in [2.05, 4.69) is 47.8 Å². The van der Waals surface area contributed by atoms with Crippen LogP contribution >= 0.6 is 11.6 Å². The van der Waals surface area contributed by atoms with Crippen molar-refractivity contribution in [2.75, 3.05) is 0 Å². The highest BCUT2D eigenvalue weighted by atomic mass is 35.5. The SMILES string of the molecule is C=C(C)[C@]1(C)CC[C@](C)(C(=C)C)C1(O)CCCCCCCCC(C)Cl. The van der Waals surface area contributed by atoms with Gasteiger partial charge in [-0.2, -0.15) is 0 Å². The van der Waals surface area contributed by atoms with Gasteiger partial charge in [0.2, 0.25) is 0 Å². The molecule has 1 rings (SSSR count). The van der Waals surface area contributed by atoms with Crippen molar-refractivity contribution in [3.8, 4) is 0 Å². The zero-order valence-electron chi connectivity index (χ0n) is 17.4. The quantitative estimate of drug-likeness (QED) is 0.228. The predicted octanol–water partition coefficient (Wildman–Crippen LogP) is 7.42. The molecule has 1 N–H and O–H groups in total. The Morgan fingerprint density at radius 3 is 1.72 bits per heavy atom. The summed E-state index contributed by atoms with van der Waals surface area (Å²) in [6, 6.07) is 0. The molecule has 0 aliphatic heterocycles. The van der Waals surface area contributed by atoms with Crippen molar-refractivity contribution in [2.45, 2.75) is 110 Å². The smallest absolute Gasteiger partial charge is 0.0827 e. The van der Waals surface area contributed by atoms with E-state index in [1.54, 1.807) is 0 Å². The van der Waals surface area contributed by atoms with Crippen LogP contribution in [0.5, 0.6) is 0 Å². The molecule has 1 aliphatic rings. The molecule has 0 spiro atoms. The maximum absolute atomic E-state index is 11.8. The summed E-state index contributed by atoms with van der Waals surface area (Å²) in [4.78, 5) is 0. The number of halogens is 1. The lowest BCUT2D eigenvalue weighted by atomic mass is 9.59. The molecule has 25 heavy (non-hydrogen) atoms. The van der Waals surface area contributed by atoms with Gasteiger partial charge in [-0.1, -0.05) is 76.7 Å². The summed E-state index contributed by atoms with van der Waals surface area (Å²) in [5.41, 5.74) is 1.06. The second-order valence-electron chi connectivity index (χ2n) is 9.03. The van der Waals surface area contributed by atoms with Crippen molar-refractivity contribution in [1.82, 2.24) is 0 Å². The Morgan fingerprint density at radius 2 is 1.32 bits per heavy atom. The lowest BCUT2D eigenvalue weighted by molar-refractivity contribution is -0.102. The van der Waals surface area contributed by atoms with Crippen molar-refractivity contribution in [3.05, 3.63) is 24.3 Å². The molecule has 0 aromatic heterocycles. The van der Waals surface area contributed by atoms with Gasteiger partial charge in [-0.15, -0.1) is 11.6 Å². The van der Waals surface area contributed by atoms with Gasteiger partial charge in [0.1, 0.15) is 0 Å². The largest absolute Gasteiger partial charge is 0.388 e. The zero-order valence-corrected chi connectivity index (χ0v) is 18.1. The topological polar surface area (TPSA) is 20.2 Å². The summed E-state index contributed by atoms with van der Waals surface area (Å²) < 4.78 is 0. The number of hydrogen-bond donors (Lipinski definition) is 1. The van der Waals surface area contributed by atoms with Crippen LogP contribution in [-0.2, 0) is 0 Å². The molecule has 0 heterocycles. The van der Waals surface area contributed by atoms with Gasteiger partial charge in [-0.05, 0) is 46.5 Å². The van der Waals surface area contributed by atoms with Crippen LogP contribution in [0.3, 0.4) is 0 Å². The van der Waals surface area contributed by atoms with Gasteiger partial charge in [0.25, 0.3) is 0 Å². The molecule has 1 fully saturated rings. The number of alkyl halides is 1. The third-order valence-electron chi connectivity index (χ3n) is 7.23. The van der Waals surface area contributed by atoms with Gasteiger partial charge in [0.15, 0.2) is 0 Å². The lowest BCUT2D eigenvalue weighted by Crippen LogP contribution is -2.52. The first-order valence-electron chi connectivity index (χ1n) is 10.2. The number of unbranched alkanes of at least 4 members (excludes halogenated alkanes) is 5. The predicted molar refractivity (Wildman–Crippen MR) is 112 cm³/mol. The Hall–Kier alpha value is -0.270. The maximum atomic E-state index is 11.8. The first-order chi connectivity index (χ1) is 11.5. The van der Waals surface area contributed by atoms with Crippen LogP contribution in [0.25, 0.3) is 0 Å². The minimum Gasteiger partial charge on any atom is -0.388 e. The van der Waals surface area contributed by atoms with Crippen LogP contribution in [0.15, 0.2) is 24.3 Å². The average molecular weight is 369 g/mol. The van der Waals surface area contributed by atoms with Crippen LogP contribution < -0.4 is 0 Å². The highest BCUT2D eigenvalue weighted by Gasteiger charge is 2.62. The molecule has 4 atom stereocenters. The molecule has 2 unspecified atom stereocenters. The maximum Gasteiger partial charge on any atom is 0.0827 e. The Labute approximate surface area is 161 Å². The van der Waals surface area contributed by atoms with E-state index in [4.69, 9.17) is 11.6 Å². The third kappa shape index (κ3) is 4.72. The molecule has 0 bridgehead atoms. The van der Waals surface area contributed by atoms with E-state index in [0.717, 1.165) is 43.3 Å². The molecule has 1 aliphatic carbocycles. The summed E-state index contributed by atoms with van der Waals surface area (Å²) in [6.07, 6.45) is 11.3. The van der Waals surface area contributed by atoms with Crippen molar-refractivity contribution in [3.63, 3.8) is 0 Å². The molecule has 0 aromatic carbocycles. The van der Waals surface area contributed by atoms with Crippen molar-refractivity contribution in [2.24, 2.45) is 10.8 Å². The van der Waals surface area contributed by atoms with E-state index < -0.39 is 5.60 Å². The summed E-state index contributed by atoms with van der Waals surface area (Å²) in [7, 11) is 0. The molecule has 0 aromatic rings. The van der Waals surface area contributed by atoms with Crippen LogP contribution in [0.1, 0.15) is 98.8 Å². The summed E-state index contributed by atoms with van der Waals surface area (Å²) in [5.74, 6) is 0. The van der Waals surface area contributed by atoms with Crippen LogP contribution in [0.4, 0.5) is 0 Å². The normalized spacial score (nSPS) is 33.4. The van der Waals surface area contributed by atoms with Crippen LogP contribution in [-0.4, -0.2) is 16.1 Å². The summed E-state index contributed by atoms with van der Waals surface area (Å²) in [6.45, 7) is 19.1. The first-order valence-corrected chi connectivity index (χ1v) is 10.6. The third-order valence-corrected chi connectivity index (χ3v) is 7.44. The fourth-order valence-electron chi connectivity index (χ4n) is 4.72. The Bertz CT molecular complexity index is 439. The molecule has 0 radical (unpaired) electrons. The second-order valence-corrected chi connectivity index (χ2v) is 9.77. The van der Waals surface area contributed by atoms with Crippen molar-refractivity contribution in [1.29, 1.82) is 0 Å². The lowest BCUT2D eigenvalue weighted by Gasteiger charge is -2.49. The van der Waals surface area contributed by atoms with Gasteiger partial charge in [0.05, 0.1) is 5.60 Å². The van der Waals surface area contributed by atoms with Gasteiger partial charge >= 0.3 is 0 Å². The Kier molecular flexibility index (Phi) is 8.28. The van der Waals surface area contributed by atoms with E-state index in [9.17, 15) is 5.11 Å². The van der Waals surface area contributed by atoms with Gasteiger partial charge in [-0.25, -0.2) is 0 Å². The average Bonchev–Trinajstić information content (AvgIpc) is 2.73. The zero-order chi connectivity index (χ0) is 19.3. The van der Waals surface area contributed by atoms with E-state index in [1.165, 1.54) is 32.1 Å². The van der Waals surface area contributed by atoms with Crippen molar-refractivity contribution < 1.29 is 5.11 Å². The van der Waals surface area contributed by atoms with E-state index in [-0.39, 0.29) is 10.8 Å². The minimum atomic E-state index is -0.730. The van der Waals surface area contributed by atoms with E-state index in [1.807, 2.05) is 0 Å². The standard InChI is InChI=1S/C23H41ClO/c1-18(2)21(6)16-17-22(7,19(3)4)23(21,25)15-13-11-9-8-10-12-14-20(5)24/h20,25H,1,3,8-17H2,2,4-7H3/t20?,21-,22+,23?. The Balaban J connectivity index is 2.59. The first kappa shape index (κ1) is 22.8. The molecule has 1 nitrogen and oxygen atoms in total. The van der Waals surface area contributed by atoms with Crippen LogP contribution in [0.2, 0.25) is 0 Å². The van der Waals surface area contributed by atoms with Crippen molar-refractivity contribution >= 4 is 11.6 Å². The minimum absolute atomic E-state index is 0.211. The fraction of sp³-hybridized carbons (Fsp3) is 0.826. The monoisotopic (exact) mass is 368 g/mol. The molecule has 0 saturated heterocycles. The second kappa shape index (κ2) is 9.09. The number of rotatable bonds is 11. The van der Waals surface area contributed by atoms with Gasteiger partial charge in [-0.3, -0.25) is 0 Å². The fourth-order valence-corrected chi connectivity index (χ4v) is 4.87. The van der Waals surface area contributed by atoms with Gasteiger partial charge in [0, 0.05) is 16.2 Å². The molecule has 1 saturated carbocycles. The highest BCUT2D eigenvalue weighted by molar-refractivity contribution is 6.20. The number of aliphatic hydroxyl groups is 1. The molecule has 0 amide bonds. The Morgan fingerprint density at radius 1 is 0.920 bits per heavy atom. The summed E-state index contributed by atoms with van der Waals surface area (Å²) >= 11 is 5.99. The molecular formula is C23H41ClO. The van der Waals surface area contributed by atoms with E-state index in [0.29, 0.717) is 5.38 Å². The molecule has 146 valence electrons.